The SMILES string of the molecule is COCCN1CCS(=O)(=O)Nc2ccccc21. The molecule has 0 atom stereocenters. The Labute approximate surface area is 101 Å². The smallest absolute Gasteiger partial charge is 0.234 e. The highest BCUT2D eigenvalue weighted by molar-refractivity contribution is 7.92. The number of benzene rings is 1. The number of nitrogens with zero attached hydrogens (tertiary/aromatic N) is 1. The molecule has 94 valence electrons. The van der Waals surface area contributed by atoms with Crippen LogP contribution >= 0.6 is 0 Å². The molecule has 6 heteroatoms. The summed E-state index contributed by atoms with van der Waals surface area (Å²) in [5.41, 5.74) is 1.55. The van der Waals surface area contributed by atoms with E-state index in [0.29, 0.717) is 25.4 Å². The van der Waals surface area contributed by atoms with Gasteiger partial charge in [-0.05, 0) is 12.1 Å². The normalized spacial score (nSPS) is 18.1. The molecule has 0 saturated carbocycles. The third-order valence-electron chi connectivity index (χ3n) is 2.71. The second-order valence-corrected chi connectivity index (χ2v) is 5.76. The van der Waals surface area contributed by atoms with E-state index in [0.717, 1.165) is 5.69 Å². The average molecular weight is 256 g/mol. The summed E-state index contributed by atoms with van der Waals surface area (Å²) in [6.45, 7) is 1.74. The van der Waals surface area contributed by atoms with Gasteiger partial charge in [0.2, 0.25) is 10.0 Å². The molecule has 5 nitrogen and oxygen atoms in total. The molecule has 1 heterocycles. The summed E-state index contributed by atoms with van der Waals surface area (Å²) in [6, 6.07) is 7.41. The van der Waals surface area contributed by atoms with Crippen molar-refractivity contribution < 1.29 is 13.2 Å². The van der Waals surface area contributed by atoms with Crippen LogP contribution in [-0.2, 0) is 14.8 Å². The third kappa shape index (κ3) is 2.89. The Morgan fingerprint density at radius 2 is 2.18 bits per heavy atom. The average Bonchev–Trinajstić information content (AvgIpc) is 2.42. The molecule has 2 rings (SSSR count). The number of ether oxygens (including phenoxy) is 1. The lowest BCUT2D eigenvalue weighted by atomic mass is 10.2. The van der Waals surface area contributed by atoms with E-state index in [1.807, 2.05) is 23.1 Å². The van der Waals surface area contributed by atoms with Gasteiger partial charge in [0.15, 0.2) is 0 Å². The number of anilines is 2. The summed E-state index contributed by atoms with van der Waals surface area (Å²) in [5, 5.41) is 0. The Morgan fingerprint density at radius 3 is 2.94 bits per heavy atom. The molecule has 0 spiro atoms. The minimum absolute atomic E-state index is 0.103. The predicted octanol–water partition coefficient (Wildman–Crippen LogP) is 0.895. The van der Waals surface area contributed by atoms with Crippen LogP contribution in [0.3, 0.4) is 0 Å². The zero-order valence-corrected chi connectivity index (χ0v) is 10.5. The van der Waals surface area contributed by atoms with Crippen molar-refractivity contribution in [3.63, 3.8) is 0 Å². The summed E-state index contributed by atoms with van der Waals surface area (Å²) >= 11 is 0. The molecule has 0 aromatic heterocycles. The summed E-state index contributed by atoms with van der Waals surface area (Å²) in [7, 11) is -1.59. The van der Waals surface area contributed by atoms with Gasteiger partial charge in [-0.2, -0.15) is 0 Å². The quantitative estimate of drug-likeness (QED) is 0.872. The second-order valence-electron chi connectivity index (χ2n) is 3.92. The van der Waals surface area contributed by atoms with E-state index in [-0.39, 0.29) is 5.75 Å². The van der Waals surface area contributed by atoms with Gasteiger partial charge in [0.25, 0.3) is 0 Å². The number of sulfonamides is 1. The molecular weight excluding hydrogens is 240 g/mol. The molecule has 0 fully saturated rings. The number of rotatable bonds is 3. The van der Waals surface area contributed by atoms with E-state index < -0.39 is 10.0 Å². The van der Waals surface area contributed by atoms with Gasteiger partial charge in [-0.25, -0.2) is 8.42 Å². The molecule has 0 aliphatic carbocycles. The van der Waals surface area contributed by atoms with Crippen LogP contribution in [0, 0.1) is 0 Å². The van der Waals surface area contributed by atoms with Crippen molar-refractivity contribution >= 4 is 21.4 Å². The monoisotopic (exact) mass is 256 g/mol. The van der Waals surface area contributed by atoms with Crippen molar-refractivity contribution in [1.29, 1.82) is 0 Å². The standard InChI is InChI=1S/C11H16N2O3S/c1-16-8-6-13-7-9-17(14,15)12-10-4-2-3-5-11(10)13/h2-5,12H,6-9H2,1H3. The first kappa shape index (κ1) is 12.2. The van der Waals surface area contributed by atoms with E-state index >= 15 is 0 Å². The van der Waals surface area contributed by atoms with Crippen LogP contribution in [0.25, 0.3) is 0 Å². The zero-order chi connectivity index (χ0) is 12.3. The summed E-state index contributed by atoms with van der Waals surface area (Å²) in [6.07, 6.45) is 0. The van der Waals surface area contributed by atoms with Crippen LogP contribution in [0.15, 0.2) is 24.3 Å². The van der Waals surface area contributed by atoms with E-state index in [2.05, 4.69) is 4.72 Å². The van der Waals surface area contributed by atoms with Crippen molar-refractivity contribution in [2.75, 3.05) is 42.2 Å². The summed E-state index contributed by atoms with van der Waals surface area (Å²) in [4.78, 5) is 2.02. The molecule has 1 N–H and O–H groups in total. The number of para-hydroxylation sites is 2. The van der Waals surface area contributed by atoms with E-state index in [1.54, 1.807) is 13.2 Å². The fourth-order valence-corrected chi connectivity index (χ4v) is 2.91. The van der Waals surface area contributed by atoms with Gasteiger partial charge in [0.05, 0.1) is 23.7 Å². The predicted molar refractivity (Wildman–Crippen MR) is 67.9 cm³/mol. The minimum atomic E-state index is -3.22. The summed E-state index contributed by atoms with van der Waals surface area (Å²) < 4.78 is 31.0. The van der Waals surface area contributed by atoms with Crippen molar-refractivity contribution in [3.05, 3.63) is 24.3 Å². The van der Waals surface area contributed by atoms with Gasteiger partial charge in [-0.15, -0.1) is 0 Å². The zero-order valence-electron chi connectivity index (χ0n) is 9.72. The molecule has 0 radical (unpaired) electrons. The van der Waals surface area contributed by atoms with Crippen LogP contribution in [0.1, 0.15) is 0 Å². The van der Waals surface area contributed by atoms with Crippen LogP contribution in [-0.4, -0.2) is 41.0 Å². The largest absolute Gasteiger partial charge is 0.383 e. The van der Waals surface area contributed by atoms with Gasteiger partial charge in [0.1, 0.15) is 0 Å². The second kappa shape index (κ2) is 4.93. The molecule has 0 unspecified atom stereocenters. The van der Waals surface area contributed by atoms with Gasteiger partial charge in [-0.1, -0.05) is 12.1 Å². The van der Waals surface area contributed by atoms with Gasteiger partial charge in [0, 0.05) is 20.2 Å². The maximum absolute atomic E-state index is 11.7. The molecule has 0 saturated heterocycles. The Hall–Kier alpha value is -1.27. The maximum Gasteiger partial charge on any atom is 0.234 e. The van der Waals surface area contributed by atoms with E-state index in [9.17, 15) is 8.42 Å². The molecule has 1 aromatic carbocycles. The lowest BCUT2D eigenvalue weighted by Gasteiger charge is -2.23. The lowest BCUT2D eigenvalue weighted by Crippen LogP contribution is -2.30. The van der Waals surface area contributed by atoms with Crippen LogP contribution in [0.5, 0.6) is 0 Å². The topological polar surface area (TPSA) is 58.6 Å². The molecule has 17 heavy (non-hydrogen) atoms. The van der Waals surface area contributed by atoms with Crippen molar-refractivity contribution in [3.8, 4) is 0 Å². The fourth-order valence-electron chi connectivity index (χ4n) is 1.84. The Kier molecular flexibility index (Phi) is 3.54. The van der Waals surface area contributed by atoms with E-state index in [4.69, 9.17) is 4.74 Å². The van der Waals surface area contributed by atoms with Crippen LogP contribution in [0.4, 0.5) is 11.4 Å². The van der Waals surface area contributed by atoms with Gasteiger partial charge < -0.3 is 9.64 Å². The Bertz CT molecular complexity index is 487. The van der Waals surface area contributed by atoms with Crippen LogP contribution < -0.4 is 9.62 Å². The lowest BCUT2D eigenvalue weighted by molar-refractivity contribution is 0.205. The highest BCUT2D eigenvalue weighted by Crippen LogP contribution is 2.28. The third-order valence-corrected chi connectivity index (χ3v) is 3.96. The highest BCUT2D eigenvalue weighted by atomic mass is 32.2. The molecule has 1 aliphatic rings. The van der Waals surface area contributed by atoms with Crippen LogP contribution in [0.2, 0.25) is 0 Å². The van der Waals surface area contributed by atoms with Crippen molar-refractivity contribution in [2.24, 2.45) is 0 Å². The number of fused-ring (bicyclic) bond motifs is 1. The minimum Gasteiger partial charge on any atom is -0.383 e. The first-order chi connectivity index (χ1) is 8.12. The number of hydrogen-bond acceptors (Lipinski definition) is 4. The number of nitrogens with one attached hydrogen (secondary N) is 1. The first-order valence-corrected chi connectivity index (χ1v) is 7.11. The molecular formula is C11H16N2O3S. The molecule has 0 amide bonds. The molecule has 0 bridgehead atoms. The number of methoxy groups -OCH3 is 1. The molecule has 1 aliphatic heterocycles. The van der Waals surface area contributed by atoms with Crippen molar-refractivity contribution in [1.82, 2.24) is 0 Å². The fraction of sp³-hybridized carbons (Fsp3) is 0.455. The number of hydrogen-bond donors (Lipinski definition) is 1. The van der Waals surface area contributed by atoms with Crippen molar-refractivity contribution in [2.45, 2.75) is 0 Å². The molecule has 1 aromatic rings. The highest BCUT2D eigenvalue weighted by Gasteiger charge is 2.22. The first-order valence-electron chi connectivity index (χ1n) is 5.46. The summed E-state index contributed by atoms with van der Waals surface area (Å²) in [5.74, 6) is 0.103. The Balaban J connectivity index is 2.32. The van der Waals surface area contributed by atoms with Gasteiger partial charge in [-0.3, -0.25) is 4.72 Å². The Morgan fingerprint density at radius 1 is 1.41 bits per heavy atom. The maximum atomic E-state index is 11.7. The van der Waals surface area contributed by atoms with Gasteiger partial charge >= 0.3 is 0 Å². The van der Waals surface area contributed by atoms with E-state index in [1.165, 1.54) is 0 Å².